The highest BCUT2D eigenvalue weighted by molar-refractivity contribution is 5.86. The Morgan fingerprint density at radius 1 is 1.10 bits per heavy atom. The molecule has 0 radical (unpaired) electrons. The number of fused-ring (bicyclic) bond motifs is 9. The van der Waals surface area contributed by atoms with Crippen molar-refractivity contribution in [2.24, 2.45) is 35.5 Å². The molecule has 4 bridgehead atoms. The van der Waals surface area contributed by atoms with Gasteiger partial charge < -0.3 is 9.47 Å². The quantitative estimate of drug-likeness (QED) is 0.344. The van der Waals surface area contributed by atoms with Crippen molar-refractivity contribution in [2.75, 3.05) is 0 Å². The topological polar surface area (TPSA) is 35.5 Å². The number of esters is 1. The fourth-order valence-electron chi connectivity index (χ4n) is 6.19. The number of carbonyl (C=O) groups excluding carboxylic acids is 1. The second-order valence-electron chi connectivity index (χ2n) is 7.81. The third-order valence-electron chi connectivity index (χ3n) is 6.66. The highest BCUT2D eigenvalue weighted by Crippen LogP contribution is 2.67. The largest absolute Gasteiger partial charge is 0.433 e. The fraction of sp³-hybridized carbons (Fsp3) is 0.833. The Morgan fingerprint density at radius 2 is 1.81 bits per heavy atom. The van der Waals surface area contributed by atoms with Gasteiger partial charge in [-0.2, -0.15) is 0 Å². The summed E-state index contributed by atoms with van der Waals surface area (Å²) in [5, 5.41) is 0. The van der Waals surface area contributed by atoms with Crippen LogP contribution in [0.5, 0.6) is 0 Å². The van der Waals surface area contributed by atoms with E-state index in [0.717, 1.165) is 35.5 Å². The van der Waals surface area contributed by atoms with E-state index < -0.39 is 6.29 Å². The lowest BCUT2D eigenvalue weighted by Gasteiger charge is -2.39. The molecular weight excluding hydrogens is 264 g/mol. The molecule has 4 aliphatic carbocycles. The molecule has 0 aromatic heterocycles. The minimum absolute atomic E-state index is 0.309. The average molecular weight is 290 g/mol. The molecule has 4 rings (SSSR count). The summed E-state index contributed by atoms with van der Waals surface area (Å²) in [4.78, 5) is 11.6. The molecular formula is C18H26O3. The molecule has 0 spiro atoms. The van der Waals surface area contributed by atoms with Crippen molar-refractivity contribution in [3.8, 4) is 0 Å². The van der Waals surface area contributed by atoms with E-state index in [-0.39, 0.29) is 5.97 Å². The molecule has 0 heterocycles. The van der Waals surface area contributed by atoms with Crippen LogP contribution >= 0.6 is 0 Å². The minimum atomic E-state index is -0.449. The molecule has 0 N–H and O–H groups in total. The number of ether oxygens (including phenoxy) is 2. The molecule has 3 heteroatoms. The van der Waals surface area contributed by atoms with Crippen LogP contribution in [-0.4, -0.2) is 18.4 Å². The van der Waals surface area contributed by atoms with E-state index in [2.05, 4.69) is 6.58 Å². The van der Waals surface area contributed by atoms with Gasteiger partial charge in [-0.3, -0.25) is 0 Å². The SMILES string of the molecule is C=C(C)C(=O)OC(C)OC1CC2CC1C1C3CCC(C3)C21. The Kier molecular flexibility index (Phi) is 3.18. The van der Waals surface area contributed by atoms with Gasteiger partial charge in [-0.05, 0) is 81.5 Å². The fourth-order valence-corrected chi connectivity index (χ4v) is 6.19. The van der Waals surface area contributed by atoms with E-state index >= 15 is 0 Å². The average Bonchev–Trinajstić information content (AvgIpc) is 3.16. The van der Waals surface area contributed by atoms with Crippen molar-refractivity contribution < 1.29 is 14.3 Å². The van der Waals surface area contributed by atoms with Gasteiger partial charge in [0.1, 0.15) is 0 Å². The second-order valence-corrected chi connectivity index (χ2v) is 7.81. The van der Waals surface area contributed by atoms with E-state index in [0.29, 0.717) is 11.7 Å². The molecule has 4 fully saturated rings. The lowest BCUT2D eigenvalue weighted by molar-refractivity contribution is -0.189. The van der Waals surface area contributed by atoms with Crippen molar-refractivity contribution in [2.45, 2.75) is 58.3 Å². The lowest BCUT2D eigenvalue weighted by atomic mass is 9.70. The Labute approximate surface area is 127 Å². The van der Waals surface area contributed by atoms with Gasteiger partial charge in [-0.25, -0.2) is 4.79 Å². The van der Waals surface area contributed by atoms with Gasteiger partial charge >= 0.3 is 5.97 Å². The second kappa shape index (κ2) is 4.84. The summed E-state index contributed by atoms with van der Waals surface area (Å²) in [7, 11) is 0. The van der Waals surface area contributed by atoms with Gasteiger partial charge in [-0.1, -0.05) is 6.58 Å². The van der Waals surface area contributed by atoms with E-state index in [1.165, 1.54) is 32.1 Å². The highest BCUT2D eigenvalue weighted by atomic mass is 16.7. The number of rotatable bonds is 4. The number of carbonyl (C=O) groups is 1. The summed E-state index contributed by atoms with van der Waals surface area (Å²) in [6.45, 7) is 7.13. The molecule has 21 heavy (non-hydrogen) atoms. The van der Waals surface area contributed by atoms with Crippen LogP contribution in [0.2, 0.25) is 0 Å². The van der Waals surface area contributed by atoms with Crippen LogP contribution in [0.1, 0.15) is 46.0 Å². The Bertz CT molecular complexity index is 471. The molecule has 0 aromatic rings. The summed E-state index contributed by atoms with van der Waals surface area (Å²) in [5.74, 6) is 5.16. The maximum atomic E-state index is 11.6. The first-order valence-electron chi connectivity index (χ1n) is 8.56. The summed E-state index contributed by atoms with van der Waals surface area (Å²) in [5.41, 5.74) is 0.437. The van der Waals surface area contributed by atoms with Crippen LogP contribution in [0.15, 0.2) is 12.2 Å². The lowest BCUT2D eigenvalue weighted by Crippen LogP contribution is -2.38. The van der Waals surface area contributed by atoms with Crippen LogP contribution < -0.4 is 0 Å². The van der Waals surface area contributed by atoms with E-state index in [1.807, 2.05) is 6.92 Å². The van der Waals surface area contributed by atoms with Crippen LogP contribution in [-0.2, 0) is 14.3 Å². The van der Waals surface area contributed by atoms with Crippen LogP contribution in [0.3, 0.4) is 0 Å². The van der Waals surface area contributed by atoms with Crippen molar-refractivity contribution in [1.29, 1.82) is 0 Å². The molecule has 0 aliphatic heterocycles. The van der Waals surface area contributed by atoms with Gasteiger partial charge in [0.05, 0.1) is 6.10 Å². The molecule has 8 unspecified atom stereocenters. The maximum Gasteiger partial charge on any atom is 0.335 e. The third-order valence-corrected chi connectivity index (χ3v) is 6.66. The first-order valence-corrected chi connectivity index (χ1v) is 8.56. The highest BCUT2D eigenvalue weighted by Gasteiger charge is 2.62. The van der Waals surface area contributed by atoms with Crippen LogP contribution in [0.25, 0.3) is 0 Å². The summed E-state index contributed by atoms with van der Waals surface area (Å²) < 4.78 is 11.4. The summed E-state index contributed by atoms with van der Waals surface area (Å²) in [6.07, 6.45) is 6.81. The van der Waals surface area contributed by atoms with Crippen LogP contribution in [0, 0.1) is 35.5 Å². The van der Waals surface area contributed by atoms with Gasteiger partial charge in [0.15, 0.2) is 0 Å². The van der Waals surface area contributed by atoms with Gasteiger partial charge in [0.2, 0.25) is 6.29 Å². The molecule has 0 aromatic carbocycles. The van der Waals surface area contributed by atoms with Crippen LogP contribution in [0.4, 0.5) is 0 Å². The van der Waals surface area contributed by atoms with E-state index in [9.17, 15) is 4.79 Å². The zero-order valence-corrected chi connectivity index (χ0v) is 13.1. The first-order chi connectivity index (χ1) is 10.0. The minimum Gasteiger partial charge on any atom is -0.433 e. The summed E-state index contributed by atoms with van der Waals surface area (Å²) in [6, 6.07) is 0. The third kappa shape index (κ3) is 2.08. The number of hydrogen-bond acceptors (Lipinski definition) is 3. The molecule has 8 atom stereocenters. The number of hydrogen-bond donors (Lipinski definition) is 0. The normalized spacial score (nSPS) is 47.4. The predicted octanol–water partition coefficient (Wildman–Crippen LogP) is 3.54. The molecule has 4 aliphatic rings. The van der Waals surface area contributed by atoms with E-state index in [1.54, 1.807) is 6.92 Å². The summed E-state index contributed by atoms with van der Waals surface area (Å²) >= 11 is 0. The Balaban J connectivity index is 1.38. The monoisotopic (exact) mass is 290 g/mol. The Morgan fingerprint density at radius 3 is 2.52 bits per heavy atom. The standard InChI is InChI=1S/C18H26O3/c1-9(2)18(19)21-10(3)20-15-8-13-7-14(15)17-12-5-4-11(6-12)16(13)17/h10-17H,1,4-8H2,2-3H3. The first kappa shape index (κ1) is 13.8. The van der Waals surface area contributed by atoms with Crippen molar-refractivity contribution >= 4 is 5.97 Å². The zero-order valence-electron chi connectivity index (χ0n) is 13.1. The van der Waals surface area contributed by atoms with E-state index in [4.69, 9.17) is 9.47 Å². The smallest absolute Gasteiger partial charge is 0.335 e. The van der Waals surface area contributed by atoms with Gasteiger partial charge in [0.25, 0.3) is 0 Å². The molecule has 0 saturated heterocycles. The van der Waals surface area contributed by atoms with Crippen molar-refractivity contribution in [3.63, 3.8) is 0 Å². The molecule has 3 nitrogen and oxygen atoms in total. The zero-order chi connectivity index (χ0) is 14.7. The van der Waals surface area contributed by atoms with Gasteiger partial charge in [-0.15, -0.1) is 0 Å². The van der Waals surface area contributed by atoms with Crippen molar-refractivity contribution in [3.05, 3.63) is 12.2 Å². The Hall–Kier alpha value is -0.830. The molecule has 116 valence electrons. The predicted molar refractivity (Wildman–Crippen MR) is 79.3 cm³/mol. The van der Waals surface area contributed by atoms with Crippen molar-refractivity contribution in [1.82, 2.24) is 0 Å². The maximum absolute atomic E-state index is 11.6. The molecule has 0 amide bonds. The molecule has 4 saturated carbocycles. The van der Waals surface area contributed by atoms with Gasteiger partial charge in [0, 0.05) is 5.57 Å².